The first-order valence-corrected chi connectivity index (χ1v) is 9.15. The summed E-state index contributed by atoms with van der Waals surface area (Å²) in [6, 6.07) is 3.82. The molecule has 9 heteroatoms. The summed E-state index contributed by atoms with van der Waals surface area (Å²) >= 11 is 5.85. The minimum Gasteiger partial charge on any atom is -0.480 e. The van der Waals surface area contributed by atoms with Gasteiger partial charge in [-0.2, -0.15) is 0 Å². The Balaban J connectivity index is 0.00000364. The Labute approximate surface area is 170 Å². The minimum atomic E-state index is -0.828. The van der Waals surface area contributed by atoms with Gasteiger partial charge in [-0.1, -0.05) is 18.5 Å². The summed E-state index contributed by atoms with van der Waals surface area (Å²) in [6.45, 7) is 5.82. The average Bonchev–Trinajstić information content (AvgIpc) is 2.62. The first-order valence-electron chi connectivity index (χ1n) is 8.77. The second kappa shape index (κ2) is 10.8. The third-order valence-electron chi connectivity index (χ3n) is 4.87. The van der Waals surface area contributed by atoms with Gasteiger partial charge in [-0.3, -0.25) is 19.4 Å². The summed E-state index contributed by atoms with van der Waals surface area (Å²) < 4.78 is 13.8. The SMILES string of the molecule is CCN(CC(=O)O)C1CCN(C(C)C(=O)Nc2cc(Cl)ccc2F)CC1.Cl. The molecule has 27 heavy (non-hydrogen) atoms. The second-order valence-corrected chi connectivity index (χ2v) is 6.95. The van der Waals surface area contributed by atoms with Crippen LogP contribution in [0.5, 0.6) is 0 Å². The van der Waals surface area contributed by atoms with E-state index in [4.69, 9.17) is 16.7 Å². The maximum Gasteiger partial charge on any atom is 0.317 e. The summed E-state index contributed by atoms with van der Waals surface area (Å²) in [7, 11) is 0. The molecule has 1 amide bonds. The van der Waals surface area contributed by atoms with Gasteiger partial charge in [-0.05, 0) is 44.5 Å². The number of piperidine rings is 1. The Hall–Kier alpha value is -1.41. The largest absolute Gasteiger partial charge is 0.480 e. The van der Waals surface area contributed by atoms with Gasteiger partial charge in [-0.15, -0.1) is 12.4 Å². The van der Waals surface area contributed by atoms with Gasteiger partial charge in [-0.25, -0.2) is 4.39 Å². The zero-order valence-electron chi connectivity index (χ0n) is 15.5. The fraction of sp³-hybridized carbons (Fsp3) is 0.556. The summed E-state index contributed by atoms with van der Waals surface area (Å²) in [4.78, 5) is 27.4. The number of rotatable bonds is 7. The molecule has 1 heterocycles. The predicted octanol–water partition coefficient (Wildman–Crippen LogP) is 3.10. The molecule has 2 rings (SSSR count). The number of likely N-dealkylation sites (N-methyl/N-ethyl adjacent to an activating group) is 1. The molecule has 1 aromatic carbocycles. The zero-order chi connectivity index (χ0) is 19.3. The normalized spacial score (nSPS) is 16.6. The number of carboxylic acid groups (broad SMARTS) is 1. The number of benzene rings is 1. The number of hydrogen-bond donors (Lipinski definition) is 2. The van der Waals surface area contributed by atoms with Crippen LogP contribution in [-0.4, -0.2) is 65.0 Å². The van der Waals surface area contributed by atoms with Gasteiger partial charge < -0.3 is 10.4 Å². The van der Waals surface area contributed by atoms with Gasteiger partial charge in [0.25, 0.3) is 0 Å². The number of nitrogens with one attached hydrogen (secondary N) is 1. The summed E-state index contributed by atoms with van der Waals surface area (Å²) in [5.41, 5.74) is 0.0721. The molecular weight excluding hydrogens is 396 g/mol. The molecule has 0 aliphatic carbocycles. The zero-order valence-corrected chi connectivity index (χ0v) is 17.0. The molecule has 0 bridgehead atoms. The Kier molecular flexibility index (Phi) is 9.45. The molecule has 2 N–H and O–H groups in total. The molecule has 1 unspecified atom stereocenters. The molecule has 1 aliphatic heterocycles. The van der Waals surface area contributed by atoms with Crippen LogP contribution in [0.3, 0.4) is 0 Å². The van der Waals surface area contributed by atoms with Crippen LogP contribution in [0.1, 0.15) is 26.7 Å². The van der Waals surface area contributed by atoms with Gasteiger partial charge in [0, 0.05) is 24.2 Å². The minimum absolute atomic E-state index is 0. The van der Waals surface area contributed by atoms with Crippen molar-refractivity contribution in [2.45, 2.75) is 38.8 Å². The highest BCUT2D eigenvalue weighted by atomic mass is 35.5. The molecule has 0 aromatic heterocycles. The lowest BCUT2D eigenvalue weighted by molar-refractivity contribution is -0.139. The van der Waals surface area contributed by atoms with E-state index in [-0.39, 0.29) is 36.6 Å². The molecular formula is C18H26Cl2FN3O3. The van der Waals surface area contributed by atoms with Gasteiger partial charge in [0.1, 0.15) is 5.82 Å². The number of anilines is 1. The summed E-state index contributed by atoms with van der Waals surface area (Å²) in [6.07, 6.45) is 1.59. The van der Waals surface area contributed by atoms with E-state index in [1.54, 1.807) is 6.92 Å². The number of nitrogens with zero attached hydrogens (tertiary/aromatic N) is 2. The van der Waals surface area contributed by atoms with E-state index in [2.05, 4.69) is 5.32 Å². The van der Waals surface area contributed by atoms with E-state index < -0.39 is 17.8 Å². The predicted molar refractivity (Wildman–Crippen MR) is 106 cm³/mol. The monoisotopic (exact) mass is 421 g/mol. The summed E-state index contributed by atoms with van der Waals surface area (Å²) in [5.74, 6) is -1.64. The van der Waals surface area contributed by atoms with Crippen molar-refractivity contribution in [1.82, 2.24) is 9.80 Å². The van der Waals surface area contributed by atoms with Gasteiger partial charge >= 0.3 is 5.97 Å². The van der Waals surface area contributed by atoms with E-state index in [1.807, 2.05) is 16.7 Å². The fourth-order valence-corrected chi connectivity index (χ4v) is 3.48. The smallest absolute Gasteiger partial charge is 0.317 e. The lowest BCUT2D eigenvalue weighted by atomic mass is 10.0. The molecule has 0 spiro atoms. The van der Waals surface area contributed by atoms with Crippen LogP contribution in [0.15, 0.2) is 18.2 Å². The average molecular weight is 422 g/mol. The second-order valence-electron chi connectivity index (χ2n) is 6.51. The number of carboxylic acids is 1. The summed E-state index contributed by atoms with van der Waals surface area (Å²) in [5, 5.41) is 11.9. The first-order chi connectivity index (χ1) is 12.3. The molecule has 0 saturated carbocycles. The molecule has 152 valence electrons. The van der Waals surface area contributed by atoms with Crippen molar-refractivity contribution in [2.75, 3.05) is 31.5 Å². The first kappa shape index (κ1) is 23.6. The number of aliphatic carboxylic acids is 1. The lowest BCUT2D eigenvalue weighted by Crippen LogP contribution is -2.51. The molecule has 1 fully saturated rings. The standard InChI is InChI=1S/C18H25ClFN3O3.ClH/c1-3-22(11-17(24)25)14-6-8-23(9-7-14)12(2)18(26)21-16-10-13(19)4-5-15(16)20;/h4-5,10,12,14H,3,6-9,11H2,1-2H3,(H,21,26)(H,24,25);1H. The number of carbonyl (C=O) groups is 2. The van der Waals surface area contributed by atoms with Crippen molar-refractivity contribution in [1.29, 1.82) is 0 Å². The van der Waals surface area contributed by atoms with Crippen LogP contribution < -0.4 is 5.32 Å². The molecule has 1 atom stereocenters. The van der Waals surface area contributed by atoms with Crippen LogP contribution in [0.4, 0.5) is 10.1 Å². The van der Waals surface area contributed by atoms with E-state index >= 15 is 0 Å². The van der Waals surface area contributed by atoms with Crippen LogP contribution in [0.25, 0.3) is 0 Å². The maximum absolute atomic E-state index is 13.8. The highest BCUT2D eigenvalue weighted by molar-refractivity contribution is 6.30. The van der Waals surface area contributed by atoms with Crippen molar-refractivity contribution in [3.05, 3.63) is 29.0 Å². The quantitative estimate of drug-likeness (QED) is 0.707. The highest BCUT2D eigenvalue weighted by Gasteiger charge is 2.29. The van der Waals surface area contributed by atoms with Gasteiger partial charge in [0.2, 0.25) is 5.91 Å². The van der Waals surface area contributed by atoms with E-state index in [0.717, 1.165) is 12.8 Å². The Bertz CT molecular complexity index is 655. The van der Waals surface area contributed by atoms with Crippen molar-refractivity contribution >= 4 is 41.6 Å². The Morgan fingerprint density at radius 3 is 2.59 bits per heavy atom. The molecule has 6 nitrogen and oxygen atoms in total. The Morgan fingerprint density at radius 2 is 2.04 bits per heavy atom. The number of carbonyl (C=O) groups excluding carboxylic acids is 1. The highest BCUT2D eigenvalue weighted by Crippen LogP contribution is 2.22. The van der Waals surface area contributed by atoms with Gasteiger partial charge in [0.15, 0.2) is 0 Å². The third-order valence-corrected chi connectivity index (χ3v) is 5.11. The van der Waals surface area contributed by atoms with Crippen LogP contribution in [0.2, 0.25) is 5.02 Å². The third kappa shape index (κ3) is 6.60. The number of halogens is 3. The van der Waals surface area contributed by atoms with Crippen LogP contribution in [0, 0.1) is 5.82 Å². The molecule has 0 radical (unpaired) electrons. The topological polar surface area (TPSA) is 72.9 Å². The van der Waals surface area contributed by atoms with Crippen molar-refractivity contribution in [3.63, 3.8) is 0 Å². The number of likely N-dealkylation sites (tertiary alicyclic amines) is 1. The van der Waals surface area contributed by atoms with Crippen LogP contribution in [-0.2, 0) is 9.59 Å². The van der Waals surface area contributed by atoms with Crippen molar-refractivity contribution < 1.29 is 19.1 Å². The molecule has 1 aliphatic rings. The van der Waals surface area contributed by atoms with Crippen LogP contribution >= 0.6 is 24.0 Å². The molecule has 1 saturated heterocycles. The fourth-order valence-electron chi connectivity index (χ4n) is 3.31. The lowest BCUT2D eigenvalue weighted by Gasteiger charge is -2.39. The Morgan fingerprint density at radius 1 is 1.41 bits per heavy atom. The van der Waals surface area contributed by atoms with Gasteiger partial charge in [0.05, 0.1) is 18.3 Å². The maximum atomic E-state index is 13.8. The van der Waals surface area contributed by atoms with Crippen molar-refractivity contribution in [3.8, 4) is 0 Å². The number of amides is 1. The number of hydrogen-bond acceptors (Lipinski definition) is 4. The van der Waals surface area contributed by atoms with E-state index in [9.17, 15) is 14.0 Å². The van der Waals surface area contributed by atoms with Crippen molar-refractivity contribution in [2.24, 2.45) is 0 Å². The molecule has 1 aromatic rings. The van der Waals surface area contributed by atoms with E-state index in [0.29, 0.717) is 24.7 Å². The van der Waals surface area contributed by atoms with E-state index in [1.165, 1.54) is 18.2 Å².